The van der Waals surface area contributed by atoms with Gasteiger partial charge < -0.3 is 4.74 Å². The molecule has 17 heavy (non-hydrogen) atoms. The summed E-state index contributed by atoms with van der Waals surface area (Å²) in [6.07, 6.45) is 0. The van der Waals surface area contributed by atoms with Crippen molar-refractivity contribution in [2.45, 2.75) is 26.3 Å². The van der Waals surface area contributed by atoms with Crippen LogP contribution in [0.5, 0.6) is 0 Å². The molecule has 0 saturated heterocycles. The molecule has 0 amide bonds. The standard InChI is InChI=1S/C13H18ClNO2/c1-4-15-13(3,12(16)17-5-2)10-8-6-7-9-11(10)14/h6-9,15H,4-5H2,1-3H3. The van der Waals surface area contributed by atoms with Crippen LogP contribution in [0.3, 0.4) is 0 Å². The number of rotatable bonds is 5. The van der Waals surface area contributed by atoms with Crippen molar-refractivity contribution in [3.05, 3.63) is 34.9 Å². The smallest absolute Gasteiger partial charge is 0.330 e. The Kier molecular flexibility index (Phi) is 4.97. The van der Waals surface area contributed by atoms with Gasteiger partial charge in [0, 0.05) is 10.6 Å². The van der Waals surface area contributed by atoms with Crippen LogP contribution in [0, 0.1) is 0 Å². The maximum absolute atomic E-state index is 12.1. The Labute approximate surface area is 107 Å². The zero-order chi connectivity index (χ0) is 12.9. The van der Waals surface area contributed by atoms with Crippen molar-refractivity contribution in [3.8, 4) is 0 Å². The molecule has 1 unspecified atom stereocenters. The van der Waals surface area contributed by atoms with Crippen LogP contribution in [0.4, 0.5) is 0 Å². The Bertz CT molecular complexity index is 395. The maximum atomic E-state index is 12.1. The number of esters is 1. The first-order valence-corrected chi connectivity index (χ1v) is 6.11. The molecule has 94 valence electrons. The molecule has 0 fully saturated rings. The van der Waals surface area contributed by atoms with Gasteiger partial charge in [0.15, 0.2) is 0 Å². The number of hydrogen-bond acceptors (Lipinski definition) is 3. The summed E-state index contributed by atoms with van der Waals surface area (Å²) in [5.74, 6) is -0.310. The largest absolute Gasteiger partial charge is 0.464 e. The van der Waals surface area contributed by atoms with E-state index >= 15 is 0 Å². The third kappa shape index (κ3) is 2.99. The van der Waals surface area contributed by atoms with Gasteiger partial charge in [-0.15, -0.1) is 0 Å². The van der Waals surface area contributed by atoms with Gasteiger partial charge in [0.2, 0.25) is 0 Å². The zero-order valence-electron chi connectivity index (χ0n) is 10.4. The van der Waals surface area contributed by atoms with Crippen molar-refractivity contribution >= 4 is 17.6 Å². The molecule has 0 aliphatic rings. The lowest BCUT2D eigenvalue weighted by Gasteiger charge is -2.29. The number of benzene rings is 1. The van der Waals surface area contributed by atoms with E-state index in [1.165, 1.54) is 0 Å². The molecule has 1 atom stereocenters. The van der Waals surface area contributed by atoms with Crippen LogP contribution in [0.2, 0.25) is 5.02 Å². The van der Waals surface area contributed by atoms with E-state index in [0.29, 0.717) is 18.2 Å². The van der Waals surface area contributed by atoms with E-state index in [2.05, 4.69) is 5.32 Å². The van der Waals surface area contributed by atoms with Gasteiger partial charge in [0.1, 0.15) is 5.54 Å². The molecule has 0 aliphatic carbocycles. The van der Waals surface area contributed by atoms with E-state index in [4.69, 9.17) is 16.3 Å². The highest BCUT2D eigenvalue weighted by atomic mass is 35.5. The lowest BCUT2D eigenvalue weighted by molar-refractivity contribution is -0.151. The minimum absolute atomic E-state index is 0.310. The number of likely N-dealkylation sites (N-methyl/N-ethyl adjacent to an activating group) is 1. The van der Waals surface area contributed by atoms with Crippen LogP contribution in [0.1, 0.15) is 26.3 Å². The van der Waals surface area contributed by atoms with E-state index in [0.717, 1.165) is 5.56 Å². The highest BCUT2D eigenvalue weighted by Crippen LogP contribution is 2.29. The number of carbonyl (C=O) groups is 1. The second-order valence-electron chi connectivity index (χ2n) is 3.86. The molecule has 0 bridgehead atoms. The second-order valence-corrected chi connectivity index (χ2v) is 4.26. The molecule has 4 heteroatoms. The van der Waals surface area contributed by atoms with E-state index in [1.807, 2.05) is 25.1 Å². The third-order valence-electron chi connectivity index (χ3n) is 2.63. The van der Waals surface area contributed by atoms with Gasteiger partial charge in [-0.05, 0) is 26.5 Å². The minimum atomic E-state index is -0.900. The molecule has 0 saturated carbocycles. The molecule has 0 spiro atoms. The summed E-state index contributed by atoms with van der Waals surface area (Å²) in [4.78, 5) is 12.1. The van der Waals surface area contributed by atoms with Gasteiger partial charge in [-0.25, -0.2) is 4.79 Å². The van der Waals surface area contributed by atoms with Gasteiger partial charge in [0.25, 0.3) is 0 Å². The number of halogens is 1. The summed E-state index contributed by atoms with van der Waals surface area (Å²) in [7, 11) is 0. The molecule has 1 rings (SSSR count). The van der Waals surface area contributed by atoms with Crippen molar-refractivity contribution in [2.75, 3.05) is 13.2 Å². The van der Waals surface area contributed by atoms with Gasteiger partial charge in [-0.2, -0.15) is 0 Å². The summed E-state index contributed by atoms with van der Waals surface area (Å²) in [5, 5.41) is 3.70. The predicted molar refractivity (Wildman–Crippen MR) is 69.1 cm³/mol. The van der Waals surface area contributed by atoms with Crippen LogP contribution in [-0.2, 0) is 15.1 Å². The van der Waals surface area contributed by atoms with Crippen LogP contribution in [0.15, 0.2) is 24.3 Å². The predicted octanol–water partition coefficient (Wildman–Crippen LogP) is 2.73. The summed E-state index contributed by atoms with van der Waals surface area (Å²) >= 11 is 6.14. The molecule has 0 radical (unpaired) electrons. The molecule has 1 aromatic rings. The topological polar surface area (TPSA) is 38.3 Å². The fourth-order valence-electron chi connectivity index (χ4n) is 1.77. The van der Waals surface area contributed by atoms with Crippen LogP contribution >= 0.6 is 11.6 Å². The molecular weight excluding hydrogens is 238 g/mol. The fourth-order valence-corrected chi connectivity index (χ4v) is 2.10. The zero-order valence-corrected chi connectivity index (χ0v) is 11.2. The Hall–Kier alpha value is -1.06. The van der Waals surface area contributed by atoms with Crippen molar-refractivity contribution in [2.24, 2.45) is 0 Å². The lowest BCUT2D eigenvalue weighted by atomic mass is 9.92. The maximum Gasteiger partial charge on any atom is 0.330 e. The van der Waals surface area contributed by atoms with E-state index in [1.54, 1.807) is 19.9 Å². The number of carbonyl (C=O) groups excluding carboxylic acids is 1. The van der Waals surface area contributed by atoms with Gasteiger partial charge in [0.05, 0.1) is 6.61 Å². The molecule has 0 aliphatic heterocycles. The fraction of sp³-hybridized carbons (Fsp3) is 0.462. The van der Waals surface area contributed by atoms with Crippen molar-refractivity contribution < 1.29 is 9.53 Å². The summed E-state index contributed by atoms with van der Waals surface area (Å²) in [6.45, 7) is 6.52. The Morgan fingerprint density at radius 2 is 2.06 bits per heavy atom. The summed E-state index contributed by atoms with van der Waals surface area (Å²) in [5.41, 5.74) is -0.162. The normalized spacial score (nSPS) is 14.1. The van der Waals surface area contributed by atoms with Crippen molar-refractivity contribution in [1.29, 1.82) is 0 Å². The Morgan fingerprint density at radius 1 is 1.41 bits per heavy atom. The number of nitrogens with one attached hydrogen (secondary N) is 1. The van der Waals surface area contributed by atoms with Gasteiger partial charge >= 0.3 is 5.97 Å². The van der Waals surface area contributed by atoms with E-state index in [9.17, 15) is 4.79 Å². The first-order chi connectivity index (χ1) is 8.06. The van der Waals surface area contributed by atoms with Crippen LogP contribution in [0.25, 0.3) is 0 Å². The van der Waals surface area contributed by atoms with E-state index < -0.39 is 5.54 Å². The highest BCUT2D eigenvalue weighted by molar-refractivity contribution is 6.31. The van der Waals surface area contributed by atoms with Gasteiger partial charge in [-0.1, -0.05) is 36.7 Å². The SMILES string of the molecule is CCNC(C)(C(=O)OCC)c1ccccc1Cl. The van der Waals surface area contributed by atoms with E-state index in [-0.39, 0.29) is 5.97 Å². The molecule has 0 aromatic heterocycles. The second kappa shape index (κ2) is 6.03. The van der Waals surface area contributed by atoms with Crippen molar-refractivity contribution in [3.63, 3.8) is 0 Å². The molecule has 1 aromatic carbocycles. The minimum Gasteiger partial charge on any atom is -0.464 e. The quantitative estimate of drug-likeness (QED) is 0.823. The molecular formula is C13H18ClNO2. The highest BCUT2D eigenvalue weighted by Gasteiger charge is 2.37. The van der Waals surface area contributed by atoms with Crippen molar-refractivity contribution in [1.82, 2.24) is 5.32 Å². The summed E-state index contributed by atoms with van der Waals surface area (Å²) in [6, 6.07) is 7.30. The molecule has 1 N–H and O–H groups in total. The van der Waals surface area contributed by atoms with Crippen LogP contribution in [-0.4, -0.2) is 19.1 Å². The number of ether oxygens (including phenoxy) is 1. The summed E-state index contributed by atoms with van der Waals surface area (Å²) < 4.78 is 5.11. The third-order valence-corrected chi connectivity index (χ3v) is 2.96. The Balaban J connectivity index is 3.15. The van der Waals surface area contributed by atoms with Gasteiger partial charge in [-0.3, -0.25) is 5.32 Å². The lowest BCUT2D eigenvalue weighted by Crippen LogP contribution is -2.47. The first kappa shape index (κ1) is 14.0. The average Bonchev–Trinajstić information content (AvgIpc) is 2.30. The Morgan fingerprint density at radius 3 is 2.59 bits per heavy atom. The molecule has 3 nitrogen and oxygen atoms in total. The number of hydrogen-bond donors (Lipinski definition) is 1. The first-order valence-electron chi connectivity index (χ1n) is 5.73. The molecule has 0 heterocycles. The van der Waals surface area contributed by atoms with Crippen LogP contribution < -0.4 is 5.32 Å². The average molecular weight is 256 g/mol. The monoisotopic (exact) mass is 255 g/mol.